The molecule has 2 rings (SSSR count). The number of aryl methyl sites for hydroxylation is 1. The van der Waals surface area contributed by atoms with E-state index in [-0.39, 0.29) is 16.5 Å². The third kappa shape index (κ3) is 3.81. The van der Waals surface area contributed by atoms with Crippen molar-refractivity contribution in [3.8, 4) is 5.75 Å². The summed E-state index contributed by atoms with van der Waals surface area (Å²) in [5.74, 6) is 0.0109. The Morgan fingerprint density at radius 1 is 1.09 bits per heavy atom. The Bertz CT molecular complexity index is 814. The van der Waals surface area contributed by atoms with Gasteiger partial charge in [0.2, 0.25) is 0 Å². The van der Waals surface area contributed by atoms with Gasteiger partial charge in [0.1, 0.15) is 5.75 Å². The maximum absolute atomic E-state index is 12.5. The number of methoxy groups -OCH3 is 1. The average Bonchev–Trinajstić information content (AvgIpc) is 2.54. The minimum absolute atomic E-state index is 0.135. The number of benzene rings is 2. The summed E-state index contributed by atoms with van der Waals surface area (Å²) in [7, 11) is -0.842. The number of amides is 1. The van der Waals surface area contributed by atoms with Crippen molar-refractivity contribution in [1.29, 1.82) is 0 Å². The summed E-state index contributed by atoms with van der Waals surface area (Å²) in [4.78, 5) is 11.8. The number of carbonyl (C=O) groups excluding carboxylic acids is 1. The van der Waals surface area contributed by atoms with Crippen molar-refractivity contribution in [3.63, 3.8) is 0 Å². The van der Waals surface area contributed by atoms with Crippen LogP contribution in [0, 0.1) is 6.92 Å². The summed E-state index contributed by atoms with van der Waals surface area (Å²) < 4.78 is 32.5. The summed E-state index contributed by atoms with van der Waals surface area (Å²) in [5, 5.41) is 2.49. The molecule has 0 unspecified atom stereocenters. The van der Waals surface area contributed by atoms with Crippen LogP contribution in [0.15, 0.2) is 47.4 Å². The van der Waals surface area contributed by atoms with Gasteiger partial charge in [-0.2, -0.15) is 0 Å². The largest absolute Gasteiger partial charge is 0.495 e. The minimum Gasteiger partial charge on any atom is -0.495 e. The highest BCUT2D eigenvalue weighted by molar-refractivity contribution is 7.92. The number of carbonyl (C=O) groups is 1. The molecule has 0 saturated carbocycles. The third-order valence-corrected chi connectivity index (χ3v) is 4.65. The molecule has 0 spiro atoms. The first-order valence-corrected chi connectivity index (χ1v) is 8.35. The number of hydrogen-bond donors (Lipinski definition) is 2. The van der Waals surface area contributed by atoms with Crippen LogP contribution in [0.3, 0.4) is 0 Å². The molecule has 0 aliphatic rings. The quantitative estimate of drug-likeness (QED) is 0.877. The summed E-state index contributed by atoms with van der Waals surface area (Å²) in [6, 6.07) is 11.0. The molecule has 0 aliphatic heterocycles. The van der Waals surface area contributed by atoms with Crippen molar-refractivity contribution >= 4 is 21.6 Å². The summed E-state index contributed by atoms with van der Waals surface area (Å²) in [6.07, 6.45) is 0. The van der Waals surface area contributed by atoms with E-state index in [1.807, 2.05) is 6.92 Å². The van der Waals surface area contributed by atoms with Gasteiger partial charge in [0.25, 0.3) is 15.9 Å². The molecular formula is C16H18N2O4S. The lowest BCUT2D eigenvalue weighted by molar-refractivity contribution is 0.0963. The number of hydrogen-bond acceptors (Lipinski definition) is 4. The second-order valence-electron chi connectivity index (χ2n) is 4.91. The number of rotatable bonds is 5. The predicted octanol–water partition coefficient (Wildman–Crippen LogP) is 2.16. The van der Waals surface area contributed by atoms with Crippen molar-refractivity contribution < 1.29 is 17.9 Å². The standard InChI is InChI=1S/C16H18N2O4S/c1-11-4-7-13(8-5-11)23(20,21)18-14-10-12(16(19)17-2)6-9-15(14)22-3/h4-10,18H,1-3H3,(H,17,19). The van der Waals surface area contributed by atoms with Crippen molar-refractivity contribution in [3.05, 3.63) is 53.6 Å². The molecule has 2 N–H and O–H groups in total. The molecule has 0 radical (unpaired) electrons. The number of ether oxygens (including phenoxy) is 1. The number of nitrogens with one attached hydrogen (secondary N) is 2. The Hall–Kier alpha value is -2.54. The molecule has 0 heterocycles. The molecular weight excluding hydrogens is 316 g/mol. The molecule has 23 heavy (non-hydrogen) atoms. The lowest BCUT2D eigenvalue weighted by atomic mass is 10.2. The van der Waals surface area contributed by atoms with Gasteiger partial charge in [-0.25, -0.2) is 8.42 Å². The van der Waals surface area contributed by atoms with E-state index in [1.54, 1.807) is 18.2 Å². The molecule has 0 bridgehead atoms. The summed E-state index contributed by atoms with van der Waals surface area (Å²) >= 11 is 0. The highest BCUT2D eigenvalue weighted by Gasteiger charge is 2.17. The van der Waals surface area contributed by atoms with Gasteiger partial charge in [0.15, 0.2) is 0 Å². The highest BCUT2D eigenvalue weighted by atomic mass is 32.2. The van der Waals surface area contributed by atoms with Crippen LogP contribution in [0.4, 0.5) is 5.69 Å². The van der Waals surface area contributed by atoms with E-state index in [1.165, 1.54) is 38.4 Å². The fourth-order valence-electron chi connectivity index (χ4n) is 1.99. The molecule has 1 amide bonds. The van der Waals surface area contributed by atoms with Crippen molar-refractivity contribution in [2.45, 2.75) is 11.8 Å². The molecule has 6 nitrogen and oxygen atoms in total. The van der Waals surface area contributed by atoms with E-state index in [9.17, 15) is 13.2 Å². The lowest BCUT2D eigenvalue weighted by Gasteiger charge is -2.13. The van der Waals surface area contributed by atoms with Crippen LogP contribution in [-0.2, 0) is 10.0 Å². The minimum atomic E-state index is -3.77. The second-order valence-corrected chi connectivity index (χ2v) is 6.60. The van der Waals surface area contributed by atoms with Gasteiger partial charge >= 0.3 is 0 Å². The van der Waals surface area contributed by atoms with Gasteiger partial charge in [-0.15, -0.1) is 0 Å². The van der Waals surface area contributed by atoms with E-state index in [0.29, 0.717) is 11.3 Å². The predicted molar refractivity (Wildman–Crippen MR) is 88.4 cm³/mol. The zero-order chi connectivity index (χ0) is 17.0. The van der Waals surface area contributed by atoms with Crippen LogP contribution in [0.25, 0.3) is 0 Å². The Morgan fingerprint density at radius 2 is 1.74 bits per heavy atom. The normalized spacial score (nSPS) is 10.9. The highest BCUT2D eigenvalue weighted by Crippen LogP contribution is 2.28. The van der Waals surface area contributed by atoms with E-state index in [4.69, 9.17) is 4.74 Å². The monoisotopic (exact) mass is 334 g/mol. The van der Waals surface area contributed by atoms with Crippen molar-refractivity contribution in [2.24, 2.45) is 0 Å². The fraction of sp³-hybridized carbons (Fsp3) is 0.188. The fourth-order valence-corrected chi connectivity index (χ4v) is 3.06. The van der Waals surface area contributed by atoms with Gasteiger partial charge in [-0.1, -0.05) is 17.7 Å². The topological polar surface area (TPSA) is 84.5 Å². The zero-order valence-electron chi connectivity index (χ0n) is 13.1. The molecule has 2 aromatic rings. The molecule has 2 aromatic carbocycles. The van der Waals surface area contributed by atoms with E-state index >= 15 is 0 Å². The molecule has 0 saturated heterocycles. The first-order chi connectivity index (χ1) is 10.9. The zero-order valence-corrected chi connectivity index (χ0v) is 13.9. The smallest absolute Gasteiger partial charge is 0.262 e. The molecule has 7 heteroatoms. The third-order valence-electron chi connectivity index (χ3n) is 3.26. The maximum Gasteiger partial charge on any atom is 0.262 e. The van der Waals surface area contributed by atoms with E-state index < -0.39 is 10.0 Å². The summed E-state index contributed by atoms with van der Waals surface area (Å²) in [6.45, 7) is 1.87. The Balaban J connectivity index is 2.41. The summed E-state index contributed by atoms with van der Waals surface area (Å²) in [5.41, 5.74) is 1.49. The van der Waals surface area contributed by atoms with Gasteiger partial charge in [0.05, 0.1) is 17.7 Å². The van der Waals surface area contributed by atoms with Crippen LogP contribution in [-0.4, -0.2) is 28.5 Å². The van der Waals surface area contributed by atoms with Crippen molar-refractivity contribution in [2.75, 3.05) is 18.9 Å². The average molecular weight is 334 g/mol. The van der Waals surface area contributed by atoms with E-state index in [0.717, 1.165) is 5.56 Å². The molecule has 0 atom stereocenters. The Labute approximate surface area is 135 Å². The van der Waals surface area contributed by atoms with Gasteiger partial charge in [0, 0.05) is 12.6 Å². The first-order valence-electron chi connectivity index (χ1n) is 6.87. The molecule has 0 aliphatic carbocycles. The SMILES string of the molecule is CNC(=O)c1ccc(OC)c(NS(=O)(=O)c2ccc(C)cc2)c1. The Morgan fingerprint density at radius 3 is 2.30 bits per heavy atom. The molecule has 0 fully saturated rings. The van der Waals surface area contributed by atoms with Gasteiger partial charge in [-0.05, 0) is 37.3 Å². The van der Waals surface area contributed by atoms with Gasteiger partial charge < -0.3 is 10.1 Å². The van der Waals surface area contributed by atoms with Crippen LogP contribution in [0.5, 0.6) is 5.75 Å². The van der Waals surface area contributed by atoms with Crippen LogP contribution < -0.4 is 14.8 Å². The molecule has 122 valence electrons. The number of anilines is 1. The van der Waals surface area contributed by atoms with E-state index in [2.05, 4.69) is 10.0 Å². The maximum atomic E-state index is 12.5. The van der Waals surface area contributed by atoms with Crippen LogP contribution >= 0.6 is 0 Å². The van der Waals surface area contributed by atoms with Crippen LogP contribution in [0.2, 0.25) is 0 Å². The second kappa shape index (κ2) is 6.70. The first kappa shape index (κ1) is 16.8. The van der Waals surface area contributed by atoms with Crippen molar-refractivity contribution in [1.82, 2.24) is 5.32 Å². The lowest BCUT2D eigenvalue weighted by Crippen LogP contribution is -2.19. The molecule has 0 aromatic heterocycles. The van der Waals surface area contributed by atoms with Crippen LogP contribution in [0.1, 0.15) is 15.9 Å². The number of sulfonamides is 1. The van der Waals surface area contributed by atoms with Gasteiger partial charge in [-0.3, -0.25) is 9.52 Å². The Kier molecular flexibility index (Phi) is 4.90.